The SMILES string of the molecule is CC(=O)O[O-].CC(=O)O[O-].CCCCCCC[CH2][Sn+2][CH2]CCCCCCC. The maximum absolute atomic E-state index is 9.28. The van der Waals surface area contributed by atoms with Crippen LogP contribution in [0.15, 0.2) is 0 Å². The Kier molecular flexibility index (Phi) is 35.3. The van der Waals surface area contributed by atoms with E-state index in [0.717, 1.165) is 13.8 Å². The van der Waals surface area contributed by atoms with E-state index in [-0.39, 0.29) is 21.1 Å². The summed E-state index contributed by atoms with van der Waals surface area (Å²) in [6, 6.07) is 0. The summed E-state index contributed by atoms with van der Waals surface area (Å²) in [5.74, 6) is -1.60. The van der Waals surface area contributed by atoms with Crippen LogP contribution in [0.3, 0.4) is 0 Å². The Hall–Kier alpha value is -0.341. The van der Waals surface area contributed by atoms with Crippen molar-refractivity contribution in [3.05, 3.63) is 0 Å². The molecule has 0 unspecified atom stereocenters. The van der Waals surface area contributed by atoms with Crippen LogP contribution in [0.4, 0.5) is 0 Å². The molecule has 0 bridgehead atoms. The van der Waals surface area contributed by atoms with Crippen LogP contribution in [-0.2, 0) is 19.4 Å². The van der Waals surface area contributed by atoms with E-state index < -0.39 is 11.9 Å². The van der Waals surface area contributed by atoms with Crippen LogP contribution in [-0.4, -0.2) is 33.1 Å². The first-order valence-corrected chi connectivity index (χ1v) is 14.3. The van der Waals surface area contributed by atoms with Crippen LogP contribution in [0, 0.1) is 0 Å². The molecule has 0 N–H and O–H groups in total. The molecule has 0 radical (unpaired) electrons. The Morgan fingerprint density at radius 1 is 0.630 bits per heavy atom. The Morgan fingerprint density at radius 3 is 1.15 bits per heavy atom. The van der Waals surface area contributed by atoms with Gasteiger partial charge in [0.1, 0.15) is 0 Å². The molecule has 7 heteroatoms. The summed E-state index contributed by atoms with van der Waals surface area (Å²) in [6.07, 6.45) is 17.8. The molecule has 0 aliphatic rings. The van der Waals surface area contributed by atoms with E-state index in [1.807, 2.05) is 0 Å². The van der Waals surface area contributed by atoms with E-state index in [1.54, 1.807) is 21.7 Å². The van der Waals surface area contributed by atoms with Crippen molar-refractivity contribution in [3.8, 4) is 0 Å². The first-order chi connectivity index (χ1) is 13.0. The van der Waals surface area contributed by atoms with Gasteiger partial charge in [-0.25, -0.2) is 0 Å². The van der Waals surface area contributed by atoms with Crippen LogP contribution < -0.4 is 10.5 Å². The number of hydrogen-bond donors (Lipinski definition) is 0. The van der Waals surface area contributed by atoms with Gasteiger partial charge in [0, 0.05) is 13.8 Å². The molecule has 0 aliphatic carbocycles. The molecule has 0 aromatic carbocycles. The second-order valence-electron chi connectivity index (χ2n) is 6.44. The van der Waals surface area contributed by atoms with Crippen molar-refractivity contribution in [1.82, 2.24) is 0 Å². The van der Waals surface area contributed by atoms with Gasteiger partial charge in [0.25, 0.3) is 11.9 Å². The summed E-state index contributed by atoms with van der Waals surface area (Å²) in [4.78, 5) is 24.3. The Bertz CT molecular complexity index is 272. The number of hydrogen-bond acceptors (Lipinski definition) is 6. The zero-order valence-electron chi connectivity index (χ0n) is 17.8. The van der Waals surface area contributed by atoms with Crippen molar-refractivity contribution in [3.63, 3.8) is 0 Å². The summed E-state index contributed by atoms with van der Waals surface area (Å²) >= 11 is 0.0736. The minimum atomic E-state index is -0.801. The van der Waals surface area contributed by atoms with Crippen LogP contribution in [0.5, 0.6) is 0 Å². The van der Waals surface area contributed by atoms with Gasteiger partial charge >= 0.3 is 121 Å². The second kappa shape index (κ2) is 30.4. The molecule has 0 heterocycles. The molecule has 0 aromatic heterocycles. The van der Waals surface area contributed by atoms with E-state index in [9.17, 15) is 9.59 Å². The molecule has 6 nitrogen and oxygen atoms in total. The molecule has 0 fully saturated rings. The van der Waals surface area contributed by atoms with Crippen molar-refractivity contribution >= 4 is 33.1 Å². The monoisotopic (exact) mass is 496 g/mol. The Labute approximate surface area is 176 Å². The van der Waals surface area contributed by atoms with E-state index in [2.05, 4.69) is 23.6 Å². The molecule has 0 rings (SSSR count). The number of carbonyl (C=O) groups excluding carboxylic acids is 2. The zero-order valence-corrected chi connectivity index (χ0v) is 20.7. The van der Waals surface area contributed by atoms with Gasteiger partial charge < -0.3 is 20.3 Å². The molecule has 0 aliphatic heterocycles. The topological polar surface area (TPSA) is 98.7 Å². The molecule has 0 spiro atoms. The van der Waals surface area contributed by atoms with Gasteiger partial charge in [-0.05, 0) is 0 Å². The average molecular weight is 495 g/mol. The fraction of sp³-hybridized carbons (Fsp3) is 0.900. The third-order valence-electron chi connectivity index (χ3n) is 3.65. The van der Waals surface area contributed by atoms with Crippen molar-refractivity contribution in [2.24, 2.45) is 0 Å². The van der Waals surface area contributed by atoms with Crippen LogP contribution >= 0.6 is 0 Å². The van der Waals surface area contributed by atoms with Crippen LogP contribution in [0.2, 0.25) is 8.87 Å². The molecular formula is C20H40O6Sn. The molecule has 0 atom stereocenters. The Balaban J connectivity index is -0.000000471. The van der Waals surface area contributed by atoms with Gasteiger partial charge in [-0.3, -0.25) is 9.59 Å². The predicted molar refractivity (Wildman–Crippen MR) is 106 cm³/mol. The van der Waals surface area contributed by atoms with Gasteiger partial charge in [0.2, 0.25) is 0 Å². The molecule has 27 heavy (non-hydrogen) atoms. The number of carbonyl (C=O) groups is 2. The van der Waals surface area contributed by atoms with E-state index in [0.29, 0.717) is 0 Å². The summed E-state index contributed by atoms with van der Waals surface area (Å²) in [5, 5.41) is 17.6. The molecule has 0 saturated carbocycles. The van der Waals surface area contributed by atoms with E-state index in [1.165, 1.54) is 64.2 Å². The van der Waals surface area contributed by atoms with Crippen LogP contribution in [0.25, 0.3) is 0 Å². The molecule has 160 valence electrons. The quantitative estimate of drug-likeness (QED) is 0.157. The molecule has 0 aromatic rings. The third kappa shape index (κ3) is 46.1. The fourth-order valence-corrected chi connectivity index (χ4v) is 5.75. The predicted octanol–water partition coefficient (Wildman–Crippen LogP) is 3.90. The van der Waals surface area contributed by atoms with Gasteiger partial charge in [0.15, 0.2) is 0 Å². The van der Waals surface area contributed by atoms with Gasteiger partial charge in [-0.1, -0.05) is 0 Å². The second-order valence-corrected chi connectivity index (χ2v) is 10.7. The van der Waals surface area contributed by atoms with Crippen molar-refractivity contribution in [1.29, 1.82) is 0 Å². The van der Waals surface area contributed by atoms with Gasteiger partial charge in [-0.15, -0.1) is 0 Å². The Morgan fingerprint density at radius 2 is 0.889 bits per heavy atom. The normalized spacial score (nSPS) is 9.11. The zero-order chi connectivity index (χ0) is 21.2. The summed E-state index contributed by atoms with van der Waals surface area (Å²) in [7, 11) is 0. The summed E-state index contributed by atoms with van der Waals surface area (Å²) in [5.41, 5.74) is 0. The van der Waals surface area contributed by atoms with Gasteiger partial charge in [-0.2, -0.15) is 0 Å². The average Bonchev–Trinajstić information content (AvgIpc) is 2.66. The van der Waals surface area contributed by atoms with Crippen LogP contribution in [0.1, 0.15) is 105 Å². The fourth-order valence-electron chi connectivity index (χ4n) is 2.19. The van der Waals surface area contributed by atoms with Gasteiger partial charge in [0.05, 0.1) is 0 Å². The maximum atomic E-state index is 9.28. The summed E-state index contributed by atoms with van der Waals surface area (Å²) in [6.45, 7) is 6.70. The van der Waals surface area contributed by atoms with Crippen molar-refractivity contribution < 1.29 is 29.9 Å². The first-order valence-electron chi connectivity index (χ1n) is 10.3. The van der Waals surface area contributed by atoms with Crippen molar-refractivity contribution in [2.75, 3.05) is 0 Å². The first kappa shape index (κ1) is 31.4. The number of unbranched alkanes of at least 4 members (excludes halogenated alkanes) is 10. The van der Waals surface area contributed by atoms with E-state index in [4.69, 9.17) is 10.5 Å². The molecule has 0 amide bonds. The number of rotatable bonds is 14. The summed E-state index contributed by atoms with van der Waals surface area (Å²) < 4.78 is 3.31. The standard InChI is InChI=1S/2C8H17.2C2H4O3.Sn/c2*1-3-5-7-8-6-4-2;2*1-2(3)5-4;/h2*1,3-8H2,2H3;2*4H,1H3;/q;;;;+2/p-2. The van der Waals surface area contributed by atoms with E-state index >= 15 is 0 Å². The third-order valence-corrected chi connectivity index (χ3v) is 7.69. The molecule has 0 saturated heterocycles. The van der Waals surface area contributed by atoms with Crippen molar-refractivity contribution in [2.45, 2.75) is 114 Å². The minimum absolute atomic E-state index is 0.0736. The molecular weight excluding hydrogens is 455 g/mol.